The van der Waals surface area contributed by atoms with E-state index in [1.165, 1.54) is 22.4 Å². The summed E-state index contributed by atoms with van der Waals surface area (Å²) in [4.78, 5) is 15.6. The highest BCUT2D eigenvalue weighted by Crippen LogP contribution is 2.21. The standard InChI is InChI=1S/C28H36N2O/c1-4-6-13-26(5-2)28(31)30(21-24-11-8-7-9-12-24)22-27-14-10-19-29(27)20-25-17-15-23(3)16-18-25/h7-12,14-19,26H,4-6,13,20-22H2,1-3H3/t26-/m0/s1. The first-order valence-electron chi connectivity index (χ1n) is 11.6. The van der Waals surface area contributed by atoms with Gasteiger partial charge in [0, 0.05) is 30.9 Å². The average molecular weight is 417 g/mol. The molecule has 31 heavy (non-hydrogen) atoms. The fraction of sp³-hybridized carbons (Fsp3) is 0.393. The lowest BCUT2D eigenvalue weighted by Gasteiger charge is -2.28. The molecular weight excluding hydrogens is 380 g/mol. The van der Waals surface area contributed by atoms with E-state index in [-0.39, 0.29) is 11.8 Å². The van der Waals surface area contributed by atoms with Crippen LogP contribution in [0.25, 0.3) is 0 Å². The molecule has 3 heteroatoms. The van der Waals surface area contributed by atoms with Crippen LogP contribution in [0.15, 0.2) is 72.9 Å². The van der Waals surface area contributed by atoms with Crippen molar-refractivity contribution >= 4 is 5.91 Å². The summed E-state index contributed by atoms with van der Waals surface area (Å²) >= 11 is 0. The average Bonchev–Trinajstić information content (AvgIpc) is 3.22. The zero-order chi connectivity index (χ0) is 22.1. The summed E-state index contributed by atoms with van der Waals surface area (Å²) in [5.41, 5.74) is 4.90. The van der Waals surface area contributed by atoms with Gasteiger partial charge in [0.1, 0.15) is 0 Å². The predicted molar refractivity (Wildman–Crippen MR) is 129 cm³/mol. The van der Waals surface area contributed by atoms with Crippen molar-refractivity contribution in [2.24, 2.45) is 5.92 Å². The van der Waals surface area contributed by atoms with Crippen LogP contribution in [0, 0.1) is 12.8 Å². The number of hydrogen-bond acceptors (Lipinski definition) is 1. The van der Waals surface area contributed by atoms with Crippen molar-refractivity contribution in [3.05, 3.63) is 95.3 Å². The van der Waals surface area contributed by atoms with E-state index in [4.69, 9.17) is 0 Å². The van der Waals surface area contributed by atoms with Crippen LogP contribution in [0.3, 0.4) is 0 Å². The molecule has 1 heterocycles. The molecule has 3 aromatic rings. The minimum atomic E-state index is 0.101. The number of unbranched alkanes of at least 4 members (excludes halogenated alkanes) is 1. The van der Waals surface area contributed by atoms with Crippen molar-refractivity contribution in [1.82, 2.24) is 9.47 Å². The van der Waals surface area contributed by atoms with Crippen molar-refractivity contribution in [1.29, 1.82) is 0 Å². The molecule has 0 saturated carbocycles. The Kier molecular flexibility index (Phi) is 8.52. The van der Waals surface area contributed by atoms with Crippen molar-refractivity contribution in [2.75, 3.05) is 0 Å². The lowest BCUT2D eigenvalue weighted by Crippen LogP contribution is -2.35. The Bertz CT molecular complexity index is 927. The summed E-state index contributed by atoms with van der Waals surface area (Å²) in [5, 5.41) is 0. The Hall–Kier alpha value is -2.81. The van der Waals surface area contributed by atoms with Gasteiger partial charge in [-0.1, -0.05) is 86.8 Å². The molecule has 2 aromatic carbocycles. The number of aryl methyl sites for hydroxylation is 1. The highest BCUT2D eigenvalue weighted by atomic mass is 16.2. The summed E-state index contributed by atoms with van der Waals surface area (Å²) in [6.07, 6.45) is 6.22. The summed E-state index contributed by atoms with van der Waals surface area (Å²) in [6, 6.07) is 23.3. The van der Waals surface area contributed by atoms with Crippen molar-refractivity contribution in [2.45, 2.75) is 66.1 Å². The molecule has 3 rings (SSSR count). The van der Waals surface area contributed by atoms with Gasteiger partial charge in [0.15, 0.2) is 0 Å². The van der Waals surface area contributed by atoms with Crippen molar-refractivity contribution in [3.63, 3.8) is 0 Å². The number of benzene rings is 2. The minimum absolute atomic E-state index is 0.101. The van der Waals surface area contributed by atoms with E-state index in [1.807, 2.05) is 18.2 Å². The van der Waals surface area contributed by atoms with E-state index >= 15 is 0 Å². The normalized spacial score (nSPS) is 12.0. The van der Waals surface area contributed by atoms with E-state index in [9.17, 15) is 4.79 Å². The summed E-state index contributed by atoms with van der Waals surface area (Å²) in [6.45, 7) is 8.55. The van der Waals surface area contributed by atoms with Gasteiger partial charge < -0.3 is 9.47 Å². The number of carbonyl (C=O) groups excluding carboxylic acids is 1. The van der Waals surface area contributed by atoms with Gasteiger partial charge in [-0.2, -0.15) is 0 Å². The SMILES string of the molecule is CCCC[C@H](CC)C(=O)N(Cc1ccccc1)Cc1cccn1Cc1ccc(C)cc1. The number of nitrogens with zero attached hydrogens (tertiary/aromatic N) is 2. The molecule has 0 unspecified atom stereocenters. The lowest BCUT2D eigenvalue weighted by atomic mass is 9.97. The Balaban J connectivity index is 1.80. The number of aromatic nitrogens is 1. The van der Waals surface area contributed by atoms with E-state index < -0.39 is 0 Å². The van der Waals surface area contributed by atoms with E-state index in [1.54, 1.807) is 0 Å². The number of carbonyl (C=O) groups is 1. The van der Waals surface area contributed by atoms with Crippen LogP contribution in [0.2, 0.25) is 0 Å². The first-order chi connectivity index (χ1) is 15.1. The smallest absolute Gasteiger partial charge is 0.226 e. The second-order valence-electron chi connectivity index (χ2n) is 8.54. The Labute approximate surface area is 187 Å². The topological polar surface area (TPSA) is 25.2 Å². The van der Waals surface area contributed by atoms with Crippen LogP contribution in [0.1, 0.15) is 61.9 Å². The van der Waals surface area contributed by atoms with E-state index in [0.29, 0.717) is 13.1 Å². The van der Waals surface area contributed by atoms with Crippen LogP contribution in [-0.2, 0) is 24.4 Å². The van der Waals surface area contributed by atoms with Gasteiger partial charge in [-0.25, -0.2) is 0 Å². The minimum Gasteiger partial charge on any atom is -0.345 e. The third kappa shape index (κ3) is 6.58. The van der Waals surface area contributed by atoms with Crippen molar-refractivity contribution < 1.29 is 4.79 Å². The molecule has 0 aliphatic carbocycles. The van der Waals surface area contributed by atoms with Crippen LogP contribution in [0.4, 0.5) is 0 Å². The number of rotatable bonds is 11. The Morgan fingerprint density at radius 3 is 2.32 bits per heavy atom. The van der Waals surface area contributed by atoms with Gasteiger partial charge >= 0.3 is 0 Å². The van der Waals surface area contributed by atoms with Gasteiger partial charge in [-0.05, 0) is 43.0 Å². The molecule has 164 valence electrons. The number of hydrogen-bond donors (Lipinski definition) is 0. The zero-order valence-corrected chi connectivity index (χ0v) is 19.3. The third-order valence-electron chi connectivity index (χ3n) is 6.03. The molecule has 0 aliphatic rings. The highest BCUT2D eigenvalue weighted by molar-refractivity contribution is 5.78. The molecule has 3 nitrogen and oxygen atoms in total. The summed E-state index contributed by atoms with van der Waals surface area (Å²) < 4.78 is 2.27. The van der Waals surface area contributed by atoms with Crippen molar-refractivity contribution in [3.8, 4) is 0 Å². The Morgan fingerprint density at radius 1 is 0.903 bits per heavy atom. The van der Waals surface area contributed by atoms with Crippen LogP contribution >= 0.6 is 0 Å². The molecule has 0 saturated heterocycles. The fourth-order valence-electron chi connectivity index (χ4n) is 4.06. The third-order valence-corrected chi connectivity index (χ3v) is 6.03. The van der Waals surface area contributed by atoms with E-state index in [2.05, 4.69) is 85.0 Å². The van der Waals surface area contributed by atoms with Gasteiger partial charge in [-0.15, -0.1) is 0 Å². The van der Waals surface area contributed by atoms with E-state index in [0.717, 1.165) is 32.2 Å². The van der Waals surface area contributed by atoms with Crippen LogP contribution in [0.5, 0.6) is 0 Å². The molecule has 0 bridgehead atoms. The summed E-state index contributed by atoms with van der Waals surface area (Å²) in [5.74, 6) is 0.382. The maximum absolute atomic E-state index is 13.5. The van der Waals surface area contributed by atoms with Gasteiger partial charge in [0.2, 0.25) is 5.91 Å². The summed E-state index contributed by atoms with van der Waals surface area (Å²) in [7, 11) is 0. The monoisotopic (exact) mass is 416 g/mol. The van der Waals surface area contributed by atoms with Crippen LogP contribution < -0.4 is 0 Å². The molecule has 0 spiro atoms. The molecule has 1 atom stereocenters. The van der Waals surface area contributed by atoms with Gasteiger partial charge in [0.05, 0.1) is 6.54 Å². The predicted octanol–water partition coefficient (Wildman–Crippen LogP) is 6.59. The molecule has 0 N–H and O–H groups in total. The Morgan fingerprint density at radius 2 is 1.65 bits per heavy atom. The van der Waals surface area contributed by atoms with Crippen LogP contribution in [-0.4, -0.2) is 15.4 Å². The second-order valence-corrected chi connectivity index (χ2v) is 8.54. The maximum Gasteiger partial charge on any atom is 0.226 e. The first-order valence-corrected chi connectivity index (χ1v) is 11.6. The fourth-order valence-corrected chi connectivity index (χ4v) is 4.06. The van der Waals surface area contributed by atoms with Gasteiger partial charge in [-0.3, -0.25) is 4.79 Å². The first kappa shape index (κ1) is 22.9. The number of amides is 1. The largest absolute Gasteiger partial charge is 0.345 e. The highest BCUT2D eigenvalue weighted by Gasteiger charge is 2.23. The van der Waals surface area contributed by atoms with Gasteiger partial charge in [0.25, 0.3) is 0 Å². The molecular formula is C28H36N2O. The molecule has 1 aromatic heterocycles. The molecule has 0 radical (unpaired) electrons. The lowest BCUT2D eigenvalue weighted by molar-refractivity contribution is -0.137. The zero-order valence-electron chi connectivity index (χ0n) is 19.3. The second kappa shape index (κ2) is 11.5. The quantitative estimate of drug-likeness (QED) is 0.346. The molecule has 0 aliphatic heterocycles. The maximum atomic E-state index is 13.5. The molecule has 1 amide bonds. The molecule has 0 fully saturated rings.